The molecule has 0 atom stereocenters. The van der Waals surface area contributed by atoms with Crippen LogP contribution in [-0.2, 0) is 0 Å². The molecular weight excluding hydrogens is 328 g/mol. The Balaban J connectivity index is 2.10. The van der Waals surface area contributed by atoms with Gasteiger partial charge in [-0.2, -0.15) is 0 Å². The zero-order valence-electron chi connectivity index (χ0n) is 17.0. The van der Waals surface area contributed by atoms with Crippen LogP contribution in [0.2, 0.25) is 0 Å². The lowest BCUT2D eigenvalue weighted by atomic mass is 9.84. The van der Waals surface area contributed by atoms with E-state index in [1.165, 1.54) is 39.6 Å². The Morgan fingerprint density at radius 3 is 1.41 bits per heavy atom. The number of nitrogens with zero attached hydrogens (tertiary/aromatic N) is 2. The third-order valence-corrected chi connectivity index (χ3v) is 5.01. The van der Waals surface area contributed by atoms with E-state index in [0.29, 0.717) is 0 Å². The molecule has 27 heavy (non-hydrogen) atoms. The number of anilines is 2. The summed E-state index contributed by atoms with van der Waals surface area (Å²) in [6.45, 7) is 2.24. The van der Waals surface area contributed by atoms with Gasteiger partial charge in [-0.15, -0.1) is 0 Å². The Labute approximate surface area is 165 Å². The van der Waals surface area contributed by atoms with Crippen molar-refractivity contribution in [1.29, 1.82) is 0 Å². The lowest BCUT2D eigenvalue weighted by Crippen LogP contribution is -2.09. The van der Waals surface area contributed by atoms with Crippen LogP contribution in [-0.4, -0.2) is 28.2 Å². The molecule has 1 fully saturated rings. The number of rotatable bonds is 6. The van der Waals surface area contributed by atoms with Crippen LogP contribution in [0.25, 0.3) is 5.57 Å². The van der Waals surface area contributed by atoms with E-state index in [1.54, 1.807) is 0 Å². The average molecular weight is 358 g/mol. The first-order chi connectivity index (χ1) is 13.0. The van der Waals surface area contributed by atoms with Gasteiger partial charge in [0.05, 0.1) is 0 Å². The van der Waals surface area contributed by atoms with Gasteiger partial charge in [0.25, 0.3) is 0 Å². The molecule has 2 aromatic rings. The summed E-state index contributed by atoms with van der Waals surface area (Å²) in [6, 6.07) is 17.7. The minimum Gasteiger partial charge on any atom is -0.378 e. The monoisotopic (exact) mass is 357 g/mol. The van der Waals surface area contributed by atoms with E-state index in [1.807, 2.05) is 0 Å². The molecule has 0 heterocycles. The van der Waals surface area contributed by atoms with Gasteiger partial charge in [0, 0.05) is 45.5 Å². The lowest BCUT2D eigenvalue weighted by molar-refractivity contribution is 1.06. The molecule has 0 unspecified atom stereocenters. The first-order valence-corrected chi connectivity index (χ1v) is 9.52. The fraction of sp³-hybridized carbons (Fsp3) is 0.240. The molecule has 2 nitrogen and oxygen atoms in total. The summed E-state index contributed by atoms with van der Waals surface area (Å²) in [6.07, 6.45) is 9.65. The molecule has 1 aliphatic rings. The van der Waals surface area contributed by atoms with Gasteiger partial charge in [0.15, 0.2) is 0 Å². The first-order valence-electron chi connectivity index (χ1n) is 9.52. The SMILES string of the molecule is CCC([C]1[CH][CH][CH][CH]1)=C(c1ccc(N(C)C)cc1)c1ccc(N(C)C)cc1. The van der Waals surface area contributed by atoms with Crippen molar-refractivity contribution in [3.8, 4) is 0 Å². The van der Waals surface area contributed by atoms with Crippen LogP contribution in [0.5, 0.6) is 0 Å². The van der Waals surface area contributed by atoms with Crippen LogP contribution >= 0.6 is 0 Å². The van der Waals surface area contributed by atoms with Crippen molar-refractivity contribution < 1.29 is 0 Å². The molecule has 0 amide bonds. The molecule has 3 rings (SSSR count). The van der Waals surface area contributed by atoms with Gasteiger partial charge in [-0.3, -0.25) is 0 Å². The van der Waals surface area contributed by atoms with Crippen LogP contribution in [0.3, 0.4) is 0 Å². The molecule has 0 spiro atoms. The number of hydrogen-bond donors (Lipinski definition) is 0. The molecule has 2 heteroatoms. The van der Waals surface area contributed by atoms with E-state index in [0.717, 1.165) is 6.42 Å². The second kappa shape index (κ2) is 8.65. The zero-order chi connectivity index (χ0) is 19.4. The molecule has 0 aromatic heterocycles. The van der Waals surface area contributed by atoms with Crippen LogP contribution in [0, 0.1) is 31.6 Å². The Morgan fingerprint density at radius 2 is 1.07 bits per heavy atom. The Hall–Kier alpha value is -2.22. The third-order valence-electron chi connectivity index (χ3n) is 5.01. The van der Waals surface area contributed by atoms with Crippen molar-refractivity contribution in [2.75, 3.05) is 38.0 Å². The van der Waals surface area contributed by atoms with E-state index in [4.69, 9.17) is 0 Å². The lowest BCUT2D eigenvalue weighted by Gasteiger charge is -2.21. The fourth-order valence-electron chi connectivity index (χ4n) is 3.47. The summed E-state index contributed by atoms with van der Waals surface area (Å²) >= 11 is 0. The van der Waals surface area contributed by atoms with Gasteiger partial charge in [0.2, 0.25) is 0 Å². The number of benzene rings is 2. The summed E-state index contributed by atoms with van der Waals surface area (Å²) in [5.74, 6) is 1.31. The van der Waals surface area contributed by atoms with Crippen LogP contribution < -0.4 is 9.80 Å². The van der Waals surface area contributed by atoms with Crippen molar-refractivity contribution in [3.63, 3.8) is 0 Å². The van der Waals surface area contributed by atoms with Crippen LogP contribution in [0.4, 0.5) is 11.4 Å². The standard InChI is InChI=1S/C25H29N2/c1-6-24(19-9-7-8-10-19)25(20-11-15-22(16-12-20)26(2)3)21-13-17-23(18-14-21)27(4)5/h7-18H,6H2,1-5H3. The van der Waals surface area contributed by atoms with Gasteiger partial charge >= 0.3 is 0 Å². The molecule has 139 valence electrons. The van der Waals surface area contributed by atoms with E-state index in [2.05, 4.69) is 119 Å². The van der Waals surface area contributed by atoms with E-state index in [-0.39, 0.29) is 0 Å². The predicted octanol–water partition coefficient (Wildman–Crippen LogP) is 5.44. The number of hydrogen-bond acceptors (Lipinski definition) is 2. The third kappa shape index (κ3) is 4.37. The minimum atomic E-state index is 0.990. The second-order valence-electron chi connectivity index (χ2n) is 7.26. The van der Waals surface area contributed by atoms with Crippen molar-refractivity contribution >= 4 is 16.9 Å². The average Bonchev–Trinajstić information content (AvgIpc) is 3.20. The van der Waals surface area contributed by atoms with Gasteiger partial charge in [-0.25, -0.2) is 0 Å². The molecule has 0 bridgehead atoms. The van der Waals surface area contributed by atoms with Crippen molar-refractivity contribution in [2.24, 2.45) is 0 Å². The highest BCUT2D eigenvalue weighted by Gasteiger charge is 2.24. The van der Waals surface area contributed by atoms with Gasteiger partial charge in [-0.05, 0) is 73.1 Å². The smallest absolute Gasteiger partial charge is 0.0361 e. The maximum atomic E-state index is 2.24. The summed E-state index contributed by atoms with van der Waals surface area (Å²) in [4.78, 5) is 4.27. The molecule has 0 N–H and O–H groups in total. The van der Waals surface area contributed by atoms with E-state index >= 15 is 0 Å². The maximum absolute atomic E-state index is 2.24. The summed E-state index contributed by atoms with van der Waals surface area (Å²) in [7, 11) is 8.31. The Kier molecular flexibility index (Phi) is 6.26. The van der Waals surface area contributed by atoms with Crippen LogP contribution in [0.1, 0.15) is 24.5 Å². The number of allylic oxidation sites excluding steroid dienone is 1. The topological polar surface area (TPSA) is 6.48 Å². The van der Waals surface area contributed by atoms with Crippen molar-refractivity contribution in [2.45, 2.75) is 13.3 Å². The molecule has 2 aromatic carbocycles. The molecular formula is C25H29N2. The highest BCUT2D eigenvalue weighted by molar-refractivity contribution is 5.86. The van der Waals surface area contributed by atoms with Gasteiger partial charge in [-0.1, -0.05) is 36.8 Å². The highest BCUT2D eigenvalue weighted by Crippen LogP contribution is 2.40. The van der Waals surface area contributed by atoms with Gasteiger partial charge < -0.3 is 9.80 Å². The maximum Gasteiger partial charge on any atom is 0.0361 e. The summed E-state index contributed by atoms with van der Waals surface area (Å²) in [5, 5.41) is 0. The molecule has 0 aliphatic heterocycles. The molecule has 0 saturated heterocycles. The summed E-state index contributed by atoms with van der Waals surface area (Å²) in [5.41, 5.74) is 7.65. The molecule has 5 radical (unpaired) electrons. The van der Waals surface area contributed by atoms with Crippen molar-refractivity contribution in [3.05, 3.63) is 96.8 Å². The second-order valence-corrected chi connectivity index (χ2v) is 7.26. The first kappa shape index (κ1) is 19.5. The fourth-order valence-corrected chi connectivity index (χ4v) is 3.47. The predicted molar refractivity (Wildman–Crippen MR) is 118 cm³/mol. The largest absolute Gasteiger partial charge is 0.378 e. The van der Waals surface area contributed by atoms with Gasteiger partial charge in [0.1, 0.15) is 0 Å². The molecule has 1 aliphatic carbocycles. The summed E-state index contributed by atoms with van der Waals surface area (Å²) < 4.78 is 0. The van der Waals surface area contributed by atoms with E-state index in [9.17, 15) is 0 Å². The van der Waals surface area contributed by atoms with E-state index < -0.39 is 0 Å². The Morgan fingerprint density at radius 1 is 0.667 bits per heavy atom. The van der Waals surface area contributed by atoms with Crippen molar-refractivity contribution in [1.82, 2.24) is 0 Å². The van der Waals surface area contributed by atoms with Crippen LogP contribution in [0.15, 0.2) is 54.1 Å². The zero-order valence-corrected chi connectivity index (χ0v) is 17.0. The molecule has 1 saturated carbocycles. The minimum absolute atomic E-state index is 0.990. The highest BCUT2D eigenvalue weighted by atomic mass is 15.1. The Bertz CT molecular complexity index is 707. The quantitative estimate of drug-likeness (QED) is 0.679. The normalized spacial score (nSPS) is 14.3.